The van der Waals surface area contributed by atoms with Crippen molar-refractivity contribution in [2.75, 3.05) is 67.3 Å². The number of nitrogens with one attached hydrogen (secondary N) is 3. The van der Waals surface area contributed by atoms with Gasteiger partial charge in [0.05, 0.1) is 17.2 Å². The Labute approximate surface area is 223 Å². The Morgan fingerprint density at radius 3 is 2.42 bits per heavy atom. The van der Waals surface area contributed by atoms with Crippen molar-refractivity contribution >= 4 is 45.8 Å². The van der Waals surface area contributed by atoms with Crippen LogP contribution in [0.2, 0.25) is 0 Å². The van der Waals surface area contributed by atoms with Crippen molar-refractivity contribution < 1.29 is 4.39 Å². The van der Waals surface area contributed by atoms with Gasteiger partial charge in [0.1, 0.15) is 0 Å². The fourth-order valence-corrected chi connectivity index (χ4v) is 4.49. The molecule has 200 valence electrons. The summed E-state index contributed by atoms with van der Waals surface area (Å²) in [5, 5.41) is 6.25. The number of piperazine rings is 1. The first-order valence-electron chi connectivity index (χ1n) is 13.1. The van der Waals surface area contributed by atoms with Gasteiger partial charge in [0.2, 0.25) is 11.9 Å². The summed E-state index contributed by atoms with van der Waals surface area (Å²) < 4.78 is 14.6. The molecule has 0 bridgehead atoms. The van der Waals surface area contributed by atoms with Crippen LogP contribution in [0.4, 0.5) is 39.2 Å². The van der Waals surface area contributed by atoms with Crippen LogP contribution in [0.1, 0.15) is 20.3 Å². The molecule has 5 rings (SSSR count). The molecular weight excluding hydrogens is 481 g/mol. The number of nitrogens with zero attached hydrogens (tertiary/aromatic N) is 6. The van der Waals surface area contributed by atoms with E-state index >= 15 is 0 Å². The Morgan fingerprint density at radius 1 is 0.974 bits per heavy atom. The van der Waals surface area contributed by atoms with E-state index in [1.165, 1.54) is 24.8 Å². The van der Waals surface area contributed by atoms with Crippen molar-refractivity contribution in [2.24, 2.45) is 5.92 Å². The lowest BCUT2D eigenvalue weighted by Crippen LogP contribution is -2.46. The number of aromatic nitrogens is 4. The summed E-state index contributed by atoms with van der Waals surface area (Å²) in [6.07, 6.45) is 2.41. The molecule has 1 saturated heterocycles. The minimum Gasteiger partial charge on any atom is -0.369 e. The van der Waals surface area contributed by atoms with E-state index in [1.807, 2.05) is 49.3 Å². The van der Waals surface area contributed by atoms with E-state index in [0.717, 1.165) is 60.5 Å². The molecule has 3 N–H and O–H groups in total. The van der Waals surface area contributed by atoms with Gasteiger partial charge in [0, 0.05) is 57.3 Å². The predicted molar refractivity (Wildman–Crippen MR) is 154 cm³/mol. The van der Waals surface area contributed by atoms with Gasteiger partial charge in [0.25, 0.3) is 0 Å². The molecule has 1 aliphatic rings. The normalized spacial score (nSPS) is 14.3. The second-order valence-corrected chi connectivity index (χ2v) is 10.4. The lowest BCUT2D eigenvalue weighted by molar-refractivity contribution is 0.244. The van der Waals surface area contributed by atoms with Crippen LogP contribution in [0.25, 0.3) is 11.0 Å². The van der Waals surface area contributed by atoms with E-state index in [-0.39, 0.29) is 5.82 Å². The SMILES string of the molecule is CC(C)CCN1CCN(c2ccc(Nc3nc(Nc4ccc5nc(N(C)C)[nH]c5c4)ncc3F)cc2)CC1. The summed E-state index contributed by atoms with van der Waals surface area (Å²) in [6.45, 7) is 9.92. The highest BCUT2D eigenvalue weighted by Gasteiger charge is 2.17. The molecule has 0 atom stereocenters. The molecule has 0 radical (unpaired) electrons. The number of anilines is 6. The van der Waals surface area contributed by atoms with Crippen LogP contribution in [0.5, 0.6) is 0 Å². The average molecular weight is 518 g/mol. The minimum absolute atomic E-state index is 0.117. The summed E-state index contributed by atoms with van der Waals surface area (Å²) >= 11 is 0. The van der Waals surface area contributed by atoms with Crippen molar-refractivity contribution in [1.82, 2.24) is 24.8 Å². The number of halogens is 1. The molecule has 3 heterocycles. The van der Waals surface area contributed by atoms with Crippen LogP contribution in [-0.4, -0.2) is 71.7 Å². The second kappa shape index (κ2) is 11.2. The first-order chi connectivity index (χ1) is 18.3. The number of hydrogen-bond acceptors (Lipinski definition) is 8. The van der Waals surface area contributed by atoms with Crippen LogP contribution in [-0.2, 0) is 0 Å². The Balaban J connectivity index is 1.21. The van der Waals surface area contributed by atoms with Gasteiger partial charge in [-0.05, 0) is 61.3 Å². The van der Waals surface area contributed by atoms with Crippen LogP contribution >= 0.6 is 0 Å². The lowest BCUT2D eigenvalue weighted by atomic mass is 10.1. The van der Waals surface area contributed by atoms with Gasteiger partial charge in [-0.1, -0.05) is 13.8 Å². The average Bonchev–Trinajstić information content (AvgIpc) is 3.34. The fraction of sp³-hybridized carbons (Fsp3) is 0.393. The van der Waals surface area contributed by atoms with Gasteiger partial charge in [0.15, 0.2) is 11.6 Å². The molecule has 0 aliphatic carbocycles. The van der Waals surface area contributed by atoms with Crippen molar-refractivity contribution in [2.45, 2.75) is 20.3 Å². The minimum atomic E-state index is -0.517. The van der Waals surface area contributed by atoms with E-state index < -0.39 is 5.82 Å². The summed E-state index contributed by atoms with van der Waals surface area (Å²) in [5.74, 6) is 1.41. The van der Waals surface area contributed by atoms with Crippen molar-refractivity contribution in [3.05, 3.63) is 54.5 Å². The molecule has 9 nitrogen and oxygen atoms in total. The van der Waals surface area contributed by atoms with Crippen molar-refractivity contribution in [1.29, 1.82) is 0 Å². The molecule has 0 spiro atoms. The number of aromatic amines is 1. The summed E-state index contributed by atoms with van der Waals surface area (Å²) in [5.41, 5.74) is 4.46. The number of H-pyrrole nitrogens is 1. The Morgan fingerprint density at radius 2 is 1.71 bits per heavy atom. The van der Waals surface area contributed by atoms with E-state index in [4.69, 9.17) is 0 Å². The quantitative estimate of drug-likeness (QED) is 0.279. The first-order valence-corrected chi connectivity index (χ1v) is 13.1. The summed E-state index contributed by atoms with van der Waals surface area (Å²) in [4.78, 5) is 23.1. The number of imidazole rings is 1. The number of hydrogen-bond donors (Lipinski definition) is 3. The van der Waals surface area contributed by atoms with Gasteiger partial charge >= 0.3 is 0 Å². The number of rotatable bonds is 9. The lowest BCUT2D eigenvalue weighted by Gasteiger charge is -2.36. The highest BCUT2D eigenvalue weighted by atomic mass is 19.1. The smallest absolute Gasteiger partial charge is 0.229 e. The Kier molecular flexibility index (Phi) is 7.59. The largest absolute Gasteiger partial charge is 0.369 e. The zero-order valence-corrected chi connectivity index (χ0v) is 22.5. The Bertz CT molecular complexity index is 1360. The van der Waals surface area contributed by atoms with E-state index in [2.05, 4.69) is 66.3 Å². The van der Waals surface area contributed by atoms with E-state index in [1.54, 1.807) is 0 Å². The van der Waals surface area contributed by atoms with Crippen molar-refractivity contribution in [3.63, 3.8) is 0 Å². The van der Waals surface area contributed by atoms with Crippen LogP contribution in [0, 0.1) is 11.7 Å². The fourth-order valence-electron chi connectivity index (χ4n) is 4.49. The maximum atomic E-state index is 14.6. The van der Waals surface area contributed by atoms with Gasteiger partial charge in [-0.25, -0.2) is 14.4 Å². The first kappa shape index (κ1) is 25.7. The van der Waals surface area contributed by atoms with Crippen molar-refractivity contribution in [3.8, 4) is 0 Å². The third-order valence-electron chi connectivity index (χ3n) is 6.78. The van der Waals surface area contributed by atoms with Gasteiger partial charge in [-0.2, -0.15) is 4.98 Å². The number of fused-ring (bicyclic) bond motifs is 1. The molecule has 2 aromatic heterocycles. The molecule has 0 unspecified atom stereocenters. The molecular formula is C28H36FN9. The van der Waals surface area contributed by atoms with Crippen LogP contribution in [0.3, 0.4) is 0 Å². The molecule has 1 fully saturated rings. The monoisotopic (exact) mass is 517 g/mol. The summed E-state index contributed by atoms with van der Waals surface area (Å²) in [7, 11) is 3.86. The third kappa shape index (κ3) is 6.13. The highest BCUT2D eigenvalue weighted by molar-refractivity contribution is 5.82. The van der Waals surface area contributed by atoms with Gasteiger partial charge in [-0.15, -0.1) is 0 Å². The second-order valence-electron chi connectivity index (χ2n) is 10.4. The zero-order chi connectivity index (χ0) is 26.6. The number of benzene rings is 2. The maximum absolute atomic E-state index is 14.6. The van der Waals surface area contributed by atoms with Gasteiger partial charge < -0.3 is 25.4 Å². The molecule has 1 aliphatic heterocycles. The molecule has 0 saturated carbocycles. The molecule has 10 heteroatoms. The molecule has 4 aromatic rings. The molecule has 2 aromatic carbocycles. The van der Waals surface area contributed by atoms with E-state index in [9.17, 15) is 4.39 Å². The topological polar surface area (TPSA) is 88.2 Å². The van der Waals surface area contributed by atoms with Crippen LogP contribution in [0.15, 0.2) is 48.7 Å². The zero-order valence-electron chi connectivity index (χ0n) is 22.5. The predicted octanol–water partition coefficient (Wildman–Crippen LogP) is 5.21. The van der Waals surface area contributed by atoms with E-state index in [0.29, 0.717) is 5.95 Å². The highest BCUT2D eigenvalue weighted by Crippen LogP contribution is 2.25. The Hall–Kier alpha value is -3.92. The summed E-state index contributed by atoms with van der Waals surface area (Å²) in [6, 6.07) is 13.8. The standard InChI is InChI=1S/C28H36FN9/c1-19(2)11-12-37-13-15-38(16-14-37)22-8-5-20(6-9-22)31-26-23(29)18-30-27(35-26)32-21-7-10-24-25(17-21)34-28(33-24)36(3)4/h5-10,17-19H,11-16H2,1-4H3,(H,33,34)(H2,30,31,32,35). The molecule has 0 amide bonds. The van der Waals surface area contributed by atoms with Gasteiger partial charge in [-0.3, -0.25) is 4.90 Å². The molecule has 38 heavy (non-hydrogen) atoms. The van der Waals surface area contributed by atoms with Crippen LogP contribution < -0.4 is 20.4 Å². The maximum Gasteiger partial charge on any atom is 0.229 e. The third-order valence-corrected chi connectivity index (χ3v) is 6.78.